The van der Waals surface area contributed by atoms with E-state index in [-0.39, 0.29) is 0 Å². The first kappa shape index (κ1) is 23.3. The van der Waals surface area contributed by atoms with Gasteiger partial charge in [-0.3, -0.25) is 4.90 Å². The monoisotopic (exact) mass is 538 g/mol. The van der Waals surface area contributed by atoms with Gasteiger partial charge in [-0.15, -0.1) is 0 Å². The number of pyridine rings is 1. The molecule has 0 radical (unpaired) electrons. The molecule has 1 fully saturated rings. The number of hydrogen-bond donors (Lipinski definition) is 1. The highest BCUT2D eigenvalue weighted by atomic mass is 79.9. The molecule has 1 saturated heterocycles. The van der Waals surface area contributed by atoms with Crippen molar-refractivity contribution in [2.45, 2.75) is 13.1 Å². The Labute approximate surface area is 213 Å². The number of halogens is 2. The molecule has 0 atom stereocenters. The van der Waals surface area contributed by atoms with Gasteiger partial charge in [0.2, 0.25) is 0 Å². The van der Waals surface area contributed by atoms with Gasteiger partial charge in [0.05, 0.1) is 10.2 Å². The summed E-state index contributed by atoms with van der Waals surface area (Å²) in [5.74, 6) is 0.847. The first-order chi connectivity index (χ1) is 16.5. The zero-order valence-electron chi connectivity index (χ0n) is 19.4. The summed E-state index contributed by atoms with van der Waals surface area (Å²) in [7, 11) is 4.16. The van der Waals surface area contributed by atoms with Gasteiger partial charge in [0.25, 0.3) is 0 Å². The summed E-state index contributed by atoms with van der Waals surface area (Å²) >= 11 is 9.77. The second kappa shape index (κ2) is 10.0. The number of rotatable bonds is 6. The Balaban J connectivity index is 1.34. The van der Waals surface area contributed by atoms with Crippen LogP contribution in [0.3, 0.4) is 0 Å². The molecular weight excluding hydrogens is 512 g/mol. The molecule has 0 bridgehead atoms. The van der Waals surface area contributed by atoms with E-state index in [9.17, 15) is 0 Å². The van der Waals surface area contributed by atoms with Crippen molar-refractivity contribution in [3.63, 3.8) is 0 Å². The van der Waals surface area contributed by atoms with Crippen molar-refractivity contribution in [1.82, 2.24) is 24.8 Å². The SMILES string of the molecule is CN(C)Cc1ccc(-c2nc3c(N4CCN(Cc5ccc(Cl)cc5)CC4)c(Br)cnc3[nH]2)cc1. The maximum Gasteiger partial charge on any atom is 0.159 e. The molecule has 2 aromatic carbocycles. The second-order valence-corrected chi connectivity index (χ2v) is 10.4. The third kappa shape index (κ3) is 5.13. The number of aromatic nitrogens is 3. The average molecular weight is 540 g/mol. The second-order valence-electron chi connectivity index (χ2n) is 9.06. The lowest BCUT2D eigenvalue weighted by atomic mass is 10.1. The Hall–Kier alpha value is -2.45. The van der Waals surface area contributed by atoms with Crippen molar-refractivity contribution < 1.29 is 0 Å². The molecule has 0 saturated carbocycles. The van der Waals surface area contributed by atoms with Crippen molar-refractivity contribution in [3.05, 3.63) is 75.4 Å². The van der Waals surface area contributed by atoms with E-state index in [1.807, 2.05) is 18.3 Å². The minimum atomic E-state index is 0.781. The van der Waals surface area contributed by atoms with Crippen LogP contribution in [0.5, 0.6) is 0 Å². The van der Waals surface area contributed by atoms with Crippen molar-refractivity contribution in [2.75, 3.05) is 45.2 Å². The van der Waals surface area contributed by atoms with E-state index in [0.29, 0.717) is 0 Å². The molecule has 1 aliphatic heterocycles. The molecule has 0 aliphatic carbocycles. The van der Waals surface area contributed by atoms with Gasteiger partial charge in [-0.25, -0.2) is 9.97 Å². The summed E-state index contributed by atoms with van der Waals surface area (Å²) in [5.41, 5.74) is 6.47. The Morgan fingerprint density at radius 1 is 0.971 bits per heavy atom. The van der Waals surface area contributed by atoms with Crippen LogP contribution in [0.2, 0.25) is 5.02 Å². The molecule has 0 amide bonds. The Morgan fingerprint density at radius 3 is 2.32 bits per heavy atom. The molecule has 8 heteroatoms. The zero-order chi connectivity index (χ0) is 23.7. The standard InChI is InChI=1S/C26H28BrClN6/c1-32(2)16-18-3-7-20(8-4-18)25-30-23-24(22(27)15-29-26(23)31-25)34-13-11-33(12-14-34)17-19-5-9-21(28)10-6-19/h3-10,15H,11-14,16-17H2,1-2H3,(H,29,30,31). The van der Waals surface area contributed by atoms with Gasteiger partial charge in [0.15, 0.2) is 5.65 Å². The highest BCUT2D eigenvalue weighted by molar-refractivity contribution is 9.10. The summed E-state index contributed by atoms with van der Waals surface area (Å²) in [4.78, 5) is 20.1. The number of anilines is 1. The van der Waals surface area contributed by atoms with E-state index < -0.39 is 0 Å². The summed E-state index contributed by atoms with van der Waals surface area (Å²) in [6.45, 7) is 5.71. The number of hydrogen-bond acceptors (Lipinski definition) is 5. The Kier molecular flexibility index (Phi) is 6.88. The van der Waals surface area contributed by atoms with Gasteiger partial charge in [0, 0.05) is 56.1 Å². The van der Waals surface area contributed by atoms with Gasteiger partial charge in [-0.1, -0.05) is 48.0 Å². The van der Waals surface area contributed by atoms with E-state index >= 15 is 0 Å². The lowest BCUT2D eigenvalue weighted by Gasteiger charge is -2.36. The fourth-order valence-corrected chi connectivity index (χ4v) is 5.13. The van der Waals surface area contributed by atoms with Gasteiger partial charge in [-0.2, -0.15) is 0 Å². The molecule has 5 rings (SSSR count). The van der Waals surface area contributed by atoms with Crippen LogP contribution in [0.25, 0.3) is 22.6 Å². The van der Waals surface area contributed by atoms with E-state index in [1.54, 1.807) is 0 Å². The van der Waals surface area contributed by atoms with Crippen LogP contribution < -0.4 is 4.90 Å². The molecule has 3 heterocycles. The maximum absolute atomic E-state index is 6.03. The summed E-state index contributed by atoms with van der Waals surface area (Å²) < 4.78 is 0.977. The largest absolute Gasteiger partial charge is 0.366 e. The first-order valence-electron chi connectivity index (χ1n) is 11.5. The summed E-state index contributed by atoms with van der Waals surface area (Å²) in [5, 5.41) is 0.781. The molecule has 4 aromatic rings. The lowest BCUT2D eigenvalue weighted by molar-refractivity contribution is 0.250. The van der Waals surface area contributed by atoms with E-state index in [1.165, 1.54) is 11.1 Å². The zero-order valence-corrected chi connectivity index (χ0v) is 21.8. The number of aromatic amines is 1. The number of nitrogens with zero attached hydrogens (tertiary/aromatic N) is 5. The molecule has 1 aliphatic rings. The van der Waals surface area contributed by atoms with Gasteiger partial charge >= 0.3 is 0 Å². The number of piperazine rings is 1. The predicted octanol–water partition coefficient (Wildman–Crippen LogP) is 5.42. The summed E-state index contributed by atoms with van der Waals surface area (Å²) in [6, 6.07) is 16.7. The smallest absolute Gasteiger partial charge is 0.159 e. The lowest BCUT2D eigenvalue weighted by Crippen LogP contribution is -2.46. The van der Waals surface area contributed by atoms with E-state index in [2.05, 4.69) is 91.1 Å². The molecule has 1 N–H and O–H groups in total. The minimum Gasteiger partial charge on any atom is -0.366 e. The quantitative estimate of drug-likeness (QED) is 0.354. The predicted molar refractivity (Wildman–Crippen MR) is 143 cm³/mol. The number of benzene rings is 2. The van der Waals surface area contributed by atoms with Crippen LogP contribution in [0.15, 0.2) is 59.2 Å². The van der Waals surface area contributed by atoms with Gasteiger partial charge in [-0.05, 0) is 53.3 Å². The Morgan fingerprint density at radius 2 is 1.65 bits per heavy atom. The van der Waals surface area contributed by atoms with Crippen molar-refractivity contribution in [2.24, 2.45) is 0 Å². The van der Waals surface area contributed by atoms with Crippen LogP contribution in [0.4, 0.5) is 5.69 Å². The van der Waals surface area contributed by atoms with E-state index in [0.717, 1.165) is 77.0 Å². The fraction of sp³-hybridized carbons (Fsp3) is 0.308. The highest BCUT2D eigenvalue weighted by Crippen LogP contribution is 2.34. The van der Waals surface area contributed by atoms with Crippen LogP contribution in [-0.4, -0.2) is 65.0 Å². The molecule has 0 unspecified atom stereocenters. The van der Waals surface area contributed by atoms with Gasteiger partial charge in [0.1, 0.15) is 11.3 Å². The van der Waals surface area contributed by atoms with Crippen LogP contribution in [0.1, 0.15) is 11.1 Å². The molecule has 176 valence electrons. The molecule has 2 aromatic heterocycles. The molecule has 34 heavy (non-hydrogen) atoms. The normalized spacial score (nSPS) is 14.9. The maximum atomic E-state index is 6.03. The van der Waals surface area contributed by atoms with Crippen LogP contribution >= 0.6 is 27.5 Å². The van der Waals surface area contributed by atoms with Crippen molar-refractivity contribution >= 4 is 44.4 Å². The van der Waals surface area contributed by atoms with Gasteiger partial charge < -0.3 is 14.8 Å². The molecular formula is C26H28BrClN6. The number of nitrogens with one attached hydrogen (secondary N) is 1. The fourth-order valence-electron chi connectivity index (χ4n) is 4.47. The first-order valence-corrected chi connectivity index (χ1v) is 12.6. The third-order valence-corrected chi connectivity index (χ3v) is 7.01. The Bertz CT molecular complexity index is 1260. The molecule has 6 nitrogen and oxygen atoms in total. The molecule has 0 spiro atoms. The van der Waals surface area contributed by atoms with Crippen molar-refractivity contribution in [1.29, 1.82) is 0 Å². The number of H-pyrrole nitrogens is 1. The number of fused-ring (bicyclic) bond motifs is 1. The average Bonchev–Trinajstić information content (AvgIpc) is 3.26. The topological polar surface area (TPSA) is 51.3 Å². The van der Waals surface area contributed by atoms with E-state index in [4.69, 9.17) is 16.6 Å². The highest BCUT2D eigenvalue weighted by Gasteiger charge is 2.23. The van der Waals surface area contributed by atoms with Crippen LogP contribution in [-0.2, 0) is 13.1 Å². The van der Waals surface area contributed by atoms with Crippen LogP contribution in [0, 0.1) is 0 Å². The number of imidazole rings is 1. The summed E-state index contributed by atoms with van der Waals surface area (Å²) in [6.07, 6.45) is 1.87. The van der Waals surface area contributed by atoms with Crippen molar-refractivity contribution in [3.8, 4) is 11.4 Å². The third-order valence-electron chi connectivity index (χ3n) is 6.18. The minimum absolute atomic E-state index is 0.781.